The predicted molar refractivity (Wildman–Crippen MR) is 67.3 cm³/mol. The van der Waals surface area contributed by atoms with E-state index >= 15 is 0 Å². The quantitative estimate of drug-likeness (QED) is 0.779. The number of para-hydroxylation sites is 2. The van der Waals surface area contributed by atoms with Crippen molar-refractivity contribution >= 4 is 27.0 Å². The van der Waals surface area contributed by atoms with Crippen molar-refractivity contribution in [2.75, 3.05) is 5.33 Å². The second-order valence-electron chi connectivity index (χ2n) is 4.66. The van der Waals surface area contributed by atoms with Gasteiger partial charge < -0.3 is 4.57 Å². The Morgan fingerprint density at radius 3 is 2.80 bits per heavy atom. The Balaban J connectivity index is 2.37. The number of aromatic nitrogens is 2. The van der Waals surface area contributed by atoms with Crippen LogP contribution in [-0.2, 0) is 6.54 Å². The van der Waals surface area contributed by atoms with E-state index in [0.717, 1.165) is 17.4 Å². The Kier molecular flexibility index (Phi) is 2.83. The largest absolute Gasteiger partial charge is 0.330 e. The number of fused-ring (bicyclic) bond motifs is 1. The highest BCUT2D eigenvalue weighted by atomic mass is 79.9. The molecular weight excluding hydrogens is 252 g/mol. The van der Waals surface area contributed by atoms with Gasteiger partial charge in [-0.1, -0.05) is 41.9 Å². The summed E-state index contributed by atoms with van der Waals surface area (Å²) in [6.45, 7) is 5.48. The summed E-state index contributed by atoms with van der Waals surface area (Å²) >= 11 is 3.55. The van der Waals surface area contributed by atoms with Crippen LogP contribution >= 0.6 is 15.9 Å². The fraction of sp³-hybridized carbons (Fsp3) is 0.417. The molecule has 1 aromatic heterocycles. The first kappa shape index (κ1) is 10.7. The molecule has 0 saturated carbocycles. The van der Waals surface area contributed by atoms with Crippen molar-refractivity contribution in [1.82, 2.24) is 9.55 Å². The zero-order valence-corrected chi connectivity index (χ0v) is 10.7. The zero-order valence-electron chi connectivity index (χ0n) is 9.07. The highest BCUT2D eigenvalue weighted by molar-refractivity contribution is 9.09. The lowest BCUT2D eigenvalue weighted by atomic mass is 9.97. The molecule has 15 heavy (non-hydrogen) atoms. The maximum absolute atomic E-state index is 4.38. The molecule has 0 fully saturated rings. The van der Waals surface area contributed by atoms with E-state index in [1.54, 1.807) is 0 Å². The Labute approximate surface area is 98.4 Å². The van der Waals surface area contributed by atoms with Crippen LogP contribution in [0.4, 0.5) is 0 Å². The minimum absolute atomic E-state index is 0.253. The molecule has 0 radical (unpaired) electrons. The Hall–Kier alpha value is -0.830. The van der Waals surface area contributed by atoms with Crippen LogP contribution in [0.25, 0.3) is 11.0 Å². The fourth-order valence-corrected chi connectivity index (χ4v) is 1.82. The van der Waals surface area contributed by atoms with Gasteiger partial charge in [-0.05, 0) is 17.5 Å². The lowest BCUT2D eigenvalue weighted by Gasteiger charge is -2.22. The van der Waals surface area contributed by atoms with E-state index in [9.17, 15) is 0 Å². The normalized spacial score (nSPS) is 12.2. The Bertz CT molecular complexity index is 459. The average molecular weight is 267 g/mol. The van der Waals surface area contributed by atoms with Crippen molar-refractivity contribution in [3.05, 3.63) is 30.6 Å². The maximum atomic E-state index is 4.38. The van der Waals surface area contributed by atoms with E-state index < -0.39 is 0 Å². The third-order valence-electron chi connectivity index (χ3n) is 2.49. The van der Waals surface area contributed by atoms with Gasteiger partial charge in [0.2, 0.25) is 0 Å². The minimum atomic E-state index is 0.253. The zero-order chi connectivity index (χ0) is 10.9. The topological polar surface area (TPSA) is 17.8 Å². The molecule has 2 aromatic rings. The molecule has 0 atom stereocenters. The highest BCUT2D eigenvalue weighted by Gasteiger charge is 2.17. The molecule has 0 bridgehead atoms. The van der Waals surface area contributed by atoms with Gasteiger partial charge in [0, 0.05) is 11.9 Å². The number of rotatable bonds is 3. The molecule has 0 unspecified atom stereocenters. The smallest absolute Gasteiger partial charge is 0.0958 e. The van der Waals surface area contributed by atoms with Crippen molar-refractivity contribution < 1.29 is 0 Å². The molecule has 80 valence electrons. The summed E-state index contributed by atoms with van der Waals surface area (Å²) in [5, 5.41) is 0.993. The lowest BCUT2D eigenvalue weighted by Crippen LogP contribution is -2.20. The third kappa shape index (κ3) is 2.23. The van der Waals surface area contributed by atoms with Crippen molar-refractivity contribution in [1.29, 1.82) is 0 Å². The third-order valence-corrected chi connectivity index (χ3v) is 4.01. The summed E-state index contributed by atoms with van der Waals surface area (Å²) < 4.78 is 2.22. The fourth-order valence-electron chi connectivity index (χ4n) is 1.64. The summed E-state index contributed by atoms with van der Waals surface area (Å²) in [5.74, 6) is 0. The van der Waals surface area contributed by atoms with Crippen LogP contribution in [0.3, 0.4) is 0 Å². The van der Waals surface area contributed by atoms with Gasteiger partial charge in [-0.3, -0.25) is 0 Å². The Morgan fingerprint density at radius 2 is 2.07 bits per heavy atom. The minimum Gasteiger partial charge on any atom is -0.330 e. The summed E-state index contributed by atoms with van der Waals surface area (Å²) in [7, 11) is 0. The standard InChI is InChI=1S/C12H15BrN2/c1-12(2,7-13)8-15-9-14-10-5-3-4-6-11(10)15/h3-6,9H,7-8H2,1-2H3. The second kappa shape index (κ2) is 3.97. The first-order chi connectivity index (χ1) is 7.12. The van der Waals surface area contributed by atoms with Gasteiger partial charge in [-0.2, -0.15) is 0 Å². The highest BCUT2D eigenvalue weighted by Crippen LogP contribution is 2.23. The van der Waals surface area contributed by atoms with Gasteiger partial charge in [-0.15, -0.1) is 0 Å². The van der Waals surface area contributed by atoms with E-state index in [4.69, 9.17) is 0 Å². The molecule has 0 aliphatic heterocycles. The predicted octanol–water partition coefficient (Wildman–Crippen LogP) is 3.46. The van der Waals surface area contributed by atoms with Crippen LogP contribution in [0.2, 0.25) is 0 Å². The van der Waals surface area contributed by atoms with Gasteiger partial charge in [-0.25, -0.2) is 4.98 Å². The SMILES string of the molecule is CC(C)(CBr)Cn1cnc2ccccc21. The molecule has 0 N–H and O–H groups in total. The average Bonchev–Trinajstić information content (AvgIpc) is 2.62. The van der Waals surface area contributed by atoms with E-state index in [1.807, 2.05) is 18.5 Å². The van der Waals surface area contributed by atoms with Crippen LogP contribution in [0.15, 0.2) is 30.6 Å². The Morgan fingerprint density at radius 1 is 1.33 bits per heavy atom. The first-order valence-electron chi connectivity index (χ1n) is 5.08. The molecule has 0 spiro atoms. The molecule has 3 heteroatoms. The van der Waals surface area contributed by atoms with Crippen LogP contribution in [0, 0.1) is 5.41 Å². The number of hydrogen-bond acceptors (Lipinski definition) is 1. The van der Waals surface area contributed by atoms with Gasteiger partial charge in [0.05, 0.1) is 17.4 Å². The molecular formula is C12H15BrN2. The second-order valence-corrected chi connectivity index (χ2v) is 5.22. The molecule has 0 aliphatic carbocycles. The summed E-state index contributed by atoms with van der Waals surface area (Å²) in [4.78, 5) is 4.38. The van der Waals surface area contributed by atoms with Crippen molar-refractivity contribution in [2.24, 2.45) is 5.41 Å². The van der Waals surface area contributed by atoms with Gasteiger partial charge in [0.1, 0.15) is 0 Å². The first-order valence-corrected chi connectivity index (χ1v) is 6.20. The summed E-state index contributed by atoms with van der Waals surface area (Å²) in [5.41, 5.74) is 2.54. The number of halogens is 1. The summed E-state index contributed by atoms with van der Waals surface area (Å²) in [6.07, 6.45) is 1.93. The summed E-state index contributed by atoms with van der Waals surface area (Å²) in [6, 6.07) is 8.25. The molecule has 1 aromatic carbocycles. The van der Waals surface area contributed by atoms with Crippen molar-refractivity contribution in [2.45, 2.75) is 20.4 Å². The van der Waals surface area contributed by atoms with E-state index in [2.05, 4.69) is 51.5 Å². The lowest BCUT2D eigenvalue weighted by molar-refractivity contribution is 0.359. The van der Waals surface area contributed by atoms with Crippen molar-refractivity contribution in [3.8, 4) is 0 Å². The number of alkyl halides is 1. The van der Waals surface area contributed by atoms with Crippen LogP contribution in [0.5, 0.6) is 0 Å². The van der Waals surface area contributed by atoms with Gasteiger partial charge >= 0.3 is 0 Å². The maximum Gasteiger partial charge on any atom is 0.0958 e. The van der Waals surface area contributed by atoms with Crippen LogP contribution in [0.1, 0.15) is 13.8 Å². The van der Waals surface area contributed by atoms with E-state index in [1.165, 1.54) is 5.52 Å². The van der Waals surface area contributed by atoms with Crippen molar-refractivity contribution in [3.63, 3.8) is 0 Å². The van der Waals surface area contributed by atoms with Crippen LogP contribution in [-0.4, -0.2) is 14.9 Å². The molecule has 2 rings (SSSR count). The van der Waals surface area contributed by atoms with Gasteiger partial charge in [0.25, 0.3) is 0 Å². The molecule has 0 aliphatic rings. The number of benzene rings is 1. The number of imidazole rings is 1. The van der Waals surface area contributed by atoms with Crippen LogP contribution < -0.4 is 0 Å². The van der Waals surface area contributed by atoms with Gasteiger partial charge in [0.15, 0.2) is 0 Å². The van der Waals surface area contributed by atoms with E-state index in [0.29, 0.717) is 0 Å². The number of nitrogens with zero attached hydrogens (tertiary/aromatic N) is 2. The monoisotopic (exact) mass is 266 g/mol. The number of hydrogen-bond donors (Lipinski definition) is 0. The van der Waals surface area contributed by atoms with E-state index in [-0.39, 0.29) is 5.41 Å². The molecule has 2 nitrogen and oxygen atoms in total. The molecule has 0 amide bonds. The molecule has 0 saturated heterocycles. The molecule has 1 heterocycles.